The van der Waals surface area contributed by atoms with Gasteiger partial charge in [0.25, 0.3) is 5.91 Å². The summed E-state index contributed by atoms with van der Waals surface area (Å²) in [6.45, 7) is 4.51. The van der Waals surface area contributed by atoms with E-state index < -0.39 is 5.91 Å². The van der Waals surface area contributed by atoms with Crippen LogP contribution in [0.5, 0.6) is 0 Å². The number of benzene rings is 1. The number of hydrogen-bond donors (Lipinski definition) is 2. The number of imidazole rings is 1. The topological polar surface area (TPSA) is 75.0 Å². The number of hydrogen-bond acceptors (Lipinski definition) is 3. The van der Waals surface area contributed by atoms with Crippen molar-refractivity contribution in [1.82, 2.24) is 14.9 Å². The predicted octanol–water partition coefficient (Wildman–Crippen LogP) is 2.38. The summed E-state index contributed by atoms with van der Waals surface area (Å²) in [6, 6.07) is 5.58. The number of carbonyl (C=O) groups is 1. The molecule has 4 rings (SSSR count). The highest BCUT2D eigenvalue weighted by atomic mass is 16.1. The van der Waals surface area contributed by atoms with Gasteiger partial charge >= 0.3 is 0 Å². The van der Waals surface area contributed by atoms with Gasteiger partial charge in [0, 0.05) is 6.54 Å². The molecule has 2 aromatic rings. The number of nitrogens with one attached hydrogen (secondary N) is 1. The lowest BCUT2D eigenvalue weighted by molar-refractivity contribution is 0.100. The van der Waals surface area contributed by atoms with Crippen molar-refractivity contribution in [3.8, 4) is 0 Å². The molecule has 1 saturated heterocycles. The molecule has 22 heavy (non-hydrogen) atoms. The van der Waals surface area contributed by atoms with Gasteiger partial charge in [-0.2, -0.15) is 0 Å². The fourth-order valence-electron chi connectivity index (χ4n) is 4.45. The molecule has 1 aromatic heterocycles. The van der Waals surface area contributed by atoms with Gasteiger partial charge in [0.1, 0.15) is 11.3 Å². The van der Waals surface area contributed by atoms with Gasteiger partial charge in [0.2, 0.25) is 0 Å². The zero-order chi connectivity index (χ0) is 15.3. The Morgan fingerprint density at radius 2 is 2.41 bits per heavy atom. The molecule has 2 bridgehead atoms. The Balaban J connectivity index is 1.83. The normalized spacial score (nSPS) is 27.8. The Bertz CT molecular complexity index is 737. The van der Waals surface area contributed by atoms with Gasteiger partial charge in [-0.15, -0.1) is 0 Å². The molecule has 5 nitrogen and oxygen atoms in total. The Morgan fingerprint density at radius 3 is 3.14 bits per heavy atom. The van der Waals surface area contributed by atoms with Crippen molar-refractivity contribution in [2.24, 2.45) is 11.7 Å². The Morgan fingerprint density at radius 1 is 1.55 bits per heavy atom. The van der Waals surface area contributed by atoms with Crippen molar-refractivity contribution in [3.05, 3.63) is 29.6 Å². The van der Waals surface area contributed by atoms with Crippen molar-refractivity contribution in [1.29, 1.82) is 0 Å². The van der Waals surface area contributed by atoms with Crippen molar-refractivity contribution < 1.29 is 4.79 Å². The van der Waals surface area contributed by atoms with E-state index in [2.05, 4.69) is 16.8 Å². The number of amides is 1. The molecule has 0 unspecified atom stereocenters. The zero-order valence-corrected chi connectivity index (χ0v) is 12.9. The van der Waals surface area contributed by atoms with Gasteiger partial charge < -0.3 is 10.7 Å². The summed E-state index contributed by atoms with van der Waals surface area (Å²) in [7, 11) is 0. The van der Waals surface area contributed by atoms with E-state index >= 15 is 0 Å². The van der Waals surface area contributed by atoms with E-state index in [1.165, 1.54) is 19.4 Å². The zero-order valence-electron chi connectivity index (χ0n) is 12.9. The molecule has 2 heterocycles. The van der Waals surface area contributed by atoms with Gasteiger partial charge in [-0.3, -0.25) is 9.69 Å². The standard InChI is InChI=1S/C17H22N4O/c1-2-8-21-10-11-6-7-17(21,9-11)16-19-13-5-3-4-12(15(18)22)14(13)20-16/h3-5,11H,2,6-10H2,1H3,(H2,18,22)(H,19,20)/t11-,17+/m0/s1. The third-order valence-electron chi connectivity index (χ3n) is 5.39. The van der Waals surface area contributed by atoms with Crippen LogP contribution in [-0.4, -0.2) is 33.9 Å². The van der Waals surface area contributed by atoms with E-state index in [0.717, 1.165) is 36.6 Å². The maximum absolute atomic E-state index is 11.6. The molecule has 1 aromatic carbocycles. The lowest BCUT2D eigenvalue weighted by Gasteiger charge is -2.37. The van der Waals surface area contributed by atoms with Crippen molar-refractivity contribution in [3.63, 3.8) is 0 Å². The predicted molar refractivity (Wildman–Crippen MR) is 85.5 cm³/mol. The van der Waals surface area contributed by atoms with Crippen LogP contribution in [0.3, 0.4) is 0 Å². The number of nitrogens with zero attached hydrogens (tertiary/aromatic N) is 2. The van der Waals surface area contributed by atoms with E-state index in [-0.39, 0.29) is 5.54 Å². The van der Waals surface area contributed by atoms with Gasteiger partial charge in [0.15, 0.2) is 0 Å². The number of aromatic nitrogens is 2. The maximum Gasteiger partial charge on any atom is 0.250 e. The van der Waals surface area contributed by atoms with E-state index in [1.54, 1.807) is 6.07 Å². The molecule has 2 aliphatic rings. The molecule has 0 radical (unpaired) electrons. The highest BCUT2D eigenvalue weighted by molar-refractivity contribution is 6.04. The first kappa shape index (κ1) is 13.8. The maximum atomic E-state index is 11.6. The number of carbonyl (C=O) groups excluding carboxylic acids is 1. The first-order valence-corrected chi connectivity index (χ1v) is 8.18. The molecule has 2 atom stereocenters. The number of nitrogens with two attached hydrogens (primary N) is 1. The number of para-hydroxylation sites is 1. The summed E-state index contributed by atoms with van der Waals surface area (Å²) >= 11 is 0. The van der Waals surface area contributed by atoms with Crippen LogP contribution in [0.4, 0.5) is 0 Å². The van der Waals surface area contributed by atoms with Gasteiger partial charge in [-0.1, -0.05) is 13.0 Å². The minimum atomic E-state index is -0.415. The second-order valence-corrected chi connectivity index (χ2v) is 6.74. The molecule has 1 amide bonds. The first-order valence-electron chi connectivity index (χ1n) is 8.18. The van der Waals surface area contributed by atoms with E-state index in [9.17, 15) is 4.79 Å². The van der Waals surface area contributed by atoms with Crippen LogP contribution < -0.4 is 5.73 Å². The minimum Gasteiger partial charge on any atom is -0.366 e. The molecule has 1 aliphatic heterocycles. The molecule has 5 heteroatoms. The van der Waals surface area contributed by atoms with E-state index in [0.29, 0.717) is 11.1 Å². The van der Waals surface area contributed by atoms with Gasteiger partial charge in [-0.05, 0) is 50.3 Å². The van der Waals surface area contributed by atoms with Crippen molar-refractivity contribution >= 4 is 16.9 Å². The van der Waals surface area contributed by atoms with Crippen LogP contribution in [0.1, 0.15) is 48.8 Å². The van der Waals surface area contributed by atoms with Gasteiger partial charge in [-0.25, -0.2) is 4.98 Å². The van der Waals surface area contributed by atoms with E-state index in [4.69, 9.17) is 10.7 Å². The molecule has 0 spiro atoms. The van der Waals surface area contributed by atoms with Crippen LogP contribution in [0.25, 0.3) is 11.0 Å². The smallest absolute Gasteiger partial charge is 0.250 e. The quantitative estimate of drug-likeness (QED) is 0.910. The molecular formula is C17H22N4O. The number of likely N-dealkylation sites (tertiary alicyclic amines) is 1. The fraction of sp³-hybridized carbons (Fsp3) is 0.529. The monoisotopic (exact) mass is 298 g/mol. The van der Waals surface area contributed by atoms with Crippen LogP contribution in [-0.2, 0) is 5.54 Å². The Kier molecular flexibility index (Phi) is 3.01. The summed E-state index contributed by atoms with van der Waals surface area (Å²) in [5.41, 5.74) is 7.65. The lowest BCUT2D eigenvalue weighted by Crippen LogP contribution is -2.43. The number of primary amides is 1. The molecule has 1 aliphatic carbocycles. The minimum absolute atomic E-state index is 0.0363. The lowest BCUT2D eigenvalue weighted by atomic mass is 9.95. The fourth-order valence-corrected chi connectivity index (χ4v) is 4.45. The van der Waals surface area contributed by atoms with Crippen LogP contribution in [0.2, 0.25) is 0 Å². The SMILES string of the molecule is CCCN1C[C@H]2CC[C@]1(c1nc3c(C(N)=O)cccc3[nH]1)C2. The number of H-pyrrole nitrogens is 1. The number of aromatic amines is 1. The summed E-state index contributed by atoms with van der Waals surface area (Å²) in [5, 5.41) is 0. The summed E-state index contributed by atoms with van der Waals surface area (Å²) in [6.07, 6.45) is 4.77. The molecule has 2 fully saturated rings. The Labute approximate surface area is 129 Å². The molecular weight excluding hydrogens is 276 g/mol. The van der Waals surface area contributed by atoms with Crippen molar-refractivity contribution in [2.45, 2.75) is 38.1 Å². The average Bonchev–Trinajstić information content (AvgIpc) is 3.19. The second kappa shape index (κ2) is 4.81. The largest absolute Gasteiger partial charge is 0.366 e. The second-order valence-electron chi connectivity index (χ2n) is 6.74. The summed E-state index contributed by atoms with van der Waals surface area (Å²) in [4.78, 5) is 22.5. The van der Waals surface area contributed by atoms with E-state index in [1.807, 2.05) is 12.1 Å². The number of piperidine rings is 1. The highest BCUT2D eigenvalue weighted by Gasteiger charge is 2.53. The summed E-state index contributed by atoms with van der Waals surface area (Å²) < 4.78 is 0. The van der Waals surface area contributed by atoms with Crippen molar-refractivity contribution in [2.75, 3.05) is 13.1 Å². The first-order chi connectivity index (χ1) is 10.6. The average molecular weight is 298 g/mol. The molecule has 3 N–H and O–H groups in total. The van der Waals surface area contributed by atoms with Gasteiger partial charge in [0.05, 0.1) is 16.6 Å². The third kappa shape index (κ3) is 1.81. The Hall–Kier alpha value is -1.88. The number of rotatable bonds is 4. The van der Waals surface area contributed by atoms with Crippen LogP contribution in [0.15, 0.2) is 18.2 Å². The number of fused-ring (bicyclic) bond motifs is 3. The summed E-state index contributed by atoms with van der Waals surface area (Å²) in [5.74, 6) is 1.39. The third-order valence-corrected chi connectivity index (χ3v) is 5.39. The van der Waals surface area contributed by atoms with Crippen LogP contribution in [0, 0.1) is 5.92 Å². The molecule has 116 valence electrons. The highest BCUT2D eigenvalue weighted by Crippen LogP contribution is 2.52. The van der Waals surface area contributed by atoms with Crippen LogP contribution >= 0.6 is 0 Å². The molecule has 1 saturated carbocycles.